The van der Waals surface area contributed by atoms with Crippen LogP contribution in [-0.2, 0) is 4.74 Å². The predicted molar refractivity (Wildman–Crippen MR) is 59.0 cm³/mol. The van der Waals surface area contributed by atoms with Gasteiger partial charge in [-0.2, -0.15) is 0 Å². The quantitative estimate of drug-likeness (QED) is 0.759. The average molecular weight is 228 g/mol. The number of hydrogen-bond acceptors (Lipinski definition) is 3. The number of rotatable bonds is 6. The molecule has 0 aliphatic rings. The molecule has 0 spiro atoms. The number of methoxy groups -OCH3 is 1. The zero-order chi connectivity index (χ0) is 12.0. The first-order chi connectivity index (χ1) is 7.65. The van der Waals surface area contributed by atoms with Crippen LogP contribution in [0.15, 0.2) is 18.2 Å². The minimum Gasteiger partial charge on any atom is -0.493 e. The van der Waals surface area contributed by atoms with E-state index in [1.165, 1.54) is 18.2 Å². The summed E-state index contributed by atoms with van der Waals surface area (Å²) in [5, 5.41) is 9.46. The Morgan fingerprint density at radius 2 is 2.12 bits per heavy atom. The van der Waals surface area contributed by atoms with Crippen LogP contribution in [0.5, 0.6) is 5.75 Å². The third-order valence-electron chi connectivity index (χ3n) is 2.17. The van der Waals surface area contributed by atoms with Gasteiger partial charge in [0.05, 0.1) is 12.7 Å². The molecule has 16 heavy (non-hydrogen) atoms. The normalized spacial score (nSPS) is 12.5. The zero-order valence-corrected chi connectivity index (χ0v) is 9.57. The summed E-state index contributed by atoms with van der Waals surface area (Å²) >= 11 is 0. The topological polar surface area (TPSA) is 38.7 Å². The molecule has 0 fully saturated rings. The highest BCUT2D eigenvalue weighted by atomic mass is 19.1. The van der Waals surface area contributed by atoms with Crippen LogP contribution in [0, 0.1) is 5.82 Å². The minimum absolute atomic E-state index is 0.375. The molecular weight excluding hydrogens is 211 g/mol. The molecule has 4 heteroatoms. The van der Waals surface area contributed by atoms with E-state index >= 15 is 0 Å². The van der Waals surface area contributed by atoms with E-state index in [2.05, 4.69) is 0 Å². The summed E-state index contributed by atoms with van der Waals surface area (Å²) in [7, 11) is 1.62. The first-order valence-electron chi connectivity index (χ1n) is 5.24. The van der Waals surface area contributed by atoms with Crippen LogP contribution in [-0.4, -0.2) is 25.4 Å². The summed E-state index contributed by atoms with van der Waals surface area (Å²) in [5.41, 5.74) is 0.470. The summed E-state index contributed by atoms with van der Waals surface area (Å²) in [4.78, 5) is 0. The standard InChI is InChI=1S/C12H17FO3/c1-9(14)11-8-10(13)4-5-12(11)16-7-3-6-15-2/h4-5,8-9,14H,3,6-7H2,1-2H3. The predicted octanol–water partition coefficient (Wildman–Crippen LogP) is 2.29. The van der Waals surface area contributed by atoms with Crippen LogP contribution in [0.1, 0.15) is 25.0 Å². The SMILES string of the molecule is COCCCOc1ccc(F)cc1C(C)O. The minimum atomic E-state index is -0.742. The Kier molecular flexibility index (Phi) is 5.22. The Bertz CT molecular complexity index is 326. The van der Waals surface area contributed by atoms with Gasteiger partial charge in [0.25, 0.3) is 0 Å². The number of aliphatic hydroxyl groups is 1. The van der Waals surface area contributed by atoms with Gasteiger partial charge in [-0.1, -0.05) is 0 Å². The van der Waals surface area contributed by atoms with Crippen molar-refractivity contribution in [3.05, 3.63) is 29.6 Å². The Morgan fingerprint density at radius 3 is 2.75 bits per heavy atom. The Labute approximate surface area is 94.8 Å². The van der Waals surface area contributed by atoms with Gasteiger partial charge in [-0.3, -0.25) is 0 Å². The molecule has 0 aromatic heterocycles. The van der Waals surface area contributed by atoms with Crippen molar-refractivity contribution < 1.29 is 19.0 Å². The smallest absolute Gasteiger partial charge is 0.125 e. The van der Waals surface area contributed by atoms with Crippen molar-refractivity contribution in [3.63, 3.8) is 0 Å². The summed E-state index contributed by atoms with van der Waals surface area (Å²) in [6, 6.07) is 4.14. The summed E-state index contributed by atoms with van der Waals surface area (Å²) in [6.07, 6.45) is 0.0146. The van der Waals surface area contributed by atoms with Gasteiger partial charge in [0.1, 0.15) is 11.6 Å². The molecule has 1 rings (SSSR count). The third-order valence-corrected chi connectivity index (χ3v) is 2.17. The van der Waals surface area contributed by atoms with Crippen LogP contribution < -0.4 is 4.74 Å². The fraction of sp³-hybridized carbons (Fsp3) is 0.500. The van der Waals surface area contributed by atoms with E-state index in [1.54, 1.807) is 14.0 Å². The van der Waals surface area contributed by atoms with Gasteiger partial charge in [0.15, 0.2) is 0 Å². The molecule has 1 aromatic rings. The molecular formula is C12H17FO3. The van der Waals surface area contributed by atoms with Crippen molar-refractivity contribution >= 4 is 0 Å². The van der Waals surface area contributed by atoms with Crippen molar-refractivity contribution in [1.29, 1.82) is 0 Å². The lowest BCUT2D eigenvalue weighted by Gasteiger charge is -2.13. The maximum absolute atomic E-state index is 13.0. The lowest BCUT2D eigenvalue weighted by atomic mass is 10.1. The van der Waals surface area contributed by atoms with E-state index in [0.29, 0.717) is 24.5 Å². The summed E-state index contributed by atoms with van der Waals surface area (Å²) < 4.78 is 23.3. The van der Waals surface area contributed by atoms with Gasteiger partial charge in [-0.25, -0.2) is 4.39 Å². The lowest BCUT2D eigenvalue weighted by Crippen LogP contribution is -2.05. The molecule has 0 amide bonds. The first kappa shape index (κ1) is 12.9. The van der Waals surface area contributed by atoms with Gasteiger partial charge in [0, 0.05) is 25.7 Å². The molecule has 0 saturated heterocycles. The maximum atomic E-state index is 13.0. The monoisotopic (exact) mass is 228 g/mol. The second-order valence-electron chi connectivity index (χ2n) is 3.55. The van der Waals surface area contributed by atoms with E-state index in [9.17, 15) is 9.50 Å². The number of aliphatic hydroxyl groups excluding tert-OH is 1. The van der Waals surface area contributed by atoms with Crippen molar-refractivity contribution in [2.45, 2.75) is 19.4 Å². The van der Waals surface area contributed by atoms with E-state index in [4.69, 9.17) is 9.47 Å². The fourth-order valence-electron chi connectivity index (χ4n) is 1.36. The molecule has 0 bridgehead atoms. The van der Waals surface area contributed by atoms with Crippen molar-refractivity contribution in [2.24, 2.45) is 0 Å². The van der Waals surface area contributed by atoms with Crippen LogP contribution >= 0.6 is 0 Å². The average Bonchev–Trinajstić information content (AvgIpc) is 2.26. The number of hydrogen-bond donors (Lipinski definition) is 1. The second-order valence-corrected chi connectivity index (χ2v) is 3.55. The Morgan fingerprint density at radius 1 is 1.38 bits per heavy atom. The van der Waals surface area contributed by atoms with Gasteiger partial charge >= 0.3 is 0 Å². The molecule has 0 saturated carbocycles. The Hall–Kier alpha value is -1.13. The van der Waals surface area contributed by atoms with Gasteiger partial charge in [0.2, 0.25) is 0 Å². The van der Waals surface area contributed by atoms with Crippen LogP contribution in [0.25, 0.3) is 0 Å². The molecule has 0 heterocycles. The van der Waals surface area contributed by atoms with E-state index in [0.717, 1.165) is 6.42 Å². The van der Waals surface area contributed by atoms with E-state index < -0.39 is 6.10 Å². The van der Waals surface area contributed by atoms with Gasteiger partial charge < -0.3 is 14.6 Å². The molecule has 1 unspecified atom stereocenters. The summed E-state index contributed by atoms with van der Waals surface area (Å²) in [6.45, 7) is 2.68. The lowest BCUT2D eigenvalue weighted by molar-refractivity contribution is 0.166. The highest BCUT2D eigenvalue weighted by Crippen LogP contribution is 2.25. The molecule has 1 N–H and O–H groups in total. The van der Waals surface area contributed by atoms with Gasteiger partial charge in [-0.05, 0) is 25.1 Å². The highest BCUT2D eigenvalue weighted by molar-refractivity contribution is 5.35. The maximum Gasteiger partial charge on any atom is 0.125 e. The van der Waals surface area contributed by atoms with Crippen LogP contribution in [0.3, 0.4) is 0 Å². The van der Waals surface area contributed by atoms with Crippen molar-refractivity contribution in [3.8, 4) is 5.75 Å². The molecule has 0 radical (unpaired) electrons. The van der Waals surface area contributed by atoms with Crippen molar-refractivity contribution in [2.75, 3.05) is 20.3 Å². The molecule has 90 valence electrons. The molecule has 3 nitrogen and oxygen atoms in total. The number of benzene rings is 1. The highest BCUT2D eigenvalue weighted by Gasteiger charge is 2.10. The van der Waals surface area contributed by atoms with E-state index in [-0.39, 0.29) is 5.82 Å². The second kappa shape index (κ2) is 6.45. The van der Waals surface area contributed by atoms with Crippen LogP contribution in [0.4, 0.5) is 4.39 Å². The summed E-state index contributed by atoms with van der Waals surface area (Å²) in [5.74, 6) is 0.146. The third kappa shape index (κ3) is 3.79. The largest absolute Gasteiger partial charge is 0.493 e. The molecule has 1 aromatic carbocycles. The number of ether oxygens (including phenoxy) is 2. The zero-order valence-electron chi connectivity index (χ0n) is 9.57. The number of halogens is 1. The molecule has 0 aliphatic heterocycles. The molecule has 0 aliphatic carbocycles. The first-order valence-corrected chi connectivity index (χ1v) is 5.24. The van der Waals surface area contributed by atoms with Crippen LogP contribution in [0.2, 0.25) is 0 Å². The fourth-order valence-corrected chi connectivity index (χ4v) is 1.36. The van der Waals surface area contributed by atoms with Crippen molar-refractivity contribution in [1.82, 2.24) is 0 Å². The molecule has 1 atom stereocenters. The van der Waals surface area contributed by atoms with Gasteiger partial charge in [-0.15, -0.1) is 0 Å². The van der Waals surface area contributed by atoms with E-state index in [1.807, 2.05) is 0 Å². The Balaban J connectivity index is 2.64.